The molecule has 0 unspecified atom stereocenters. The SMILES string of the molecule is Cn1nc(-c2cccs2)nc1-c1cc(I)ccc1N. The van der Waals surface area contributed by atoms with E-state index in [9.17, 15) is 0 Å². The summed E-state index contributed by atoms with van der Waals surface area (Å²) in [5.74, 6) is 1.53. The van der Waals surface area contributed by atoms with Gasteiger partial charge in [-0.3, -0.25) is 0 Å². The number of anilines is 1. The molecule has 0 saturated carbocycles. The number of benzene rings is 1. The molecule has 19 heavy (non-hydrogen) atoms. The smallest absolute Gasteiger partial charge is 0.191 e. The van der Waals surface area contributed by atoms with Gasteiger partial charge < -0.3 is 5.73 Å². The number of nitrogens with two attached hydrogens (primary N) is 1. The lowest BCUT2D eigenvalue weighted by Crippen LogP contribution is -1.98. The third kappa shape index (κ3) is 2.37. The van der Waals surface area contributed by atoms with Crippen LogP contribution in [0.3, 0.4) is 0 Å². The van der Waals surface area contributed by atoms with Gasteiger partial charge in [0.2, 0.25) is 0 Å². The minimum absolute atomic E-state index is 0.716. The van der Waals surface area contributed by atoms with Crippen LogP contribution < -0.4 is 5.73 Å². The average molecular weight is 382 g/mol. The van der Waals surface area contributed by atoms with Gasteiger partial charge in [-0.1, -0.05) is 6.07 Å². The Balaban J connectivity index is 2.13. The molecule has 0 radical (unpaired) electrons. The molecule has 0 aliphatic heterocycles. The van der Waals surface area contributed by atoms with Gasteiger partial charge in [-0.2, -0.15) is 0 Å². The van der Waals surface area contributed by atoms with E-state index in [0.717, 1.165) is 25.7 Å². The number of rotatable bonds is 2. The third-order valence-electron chi connectivity index (χ3n) is 2.76. The van der Waals surface area contributed by atoms with Crippen molar-refractivity contribution in [2.45, 2.75) is 0 Å². The predicted molar refractivity (Wildman–Crippen MR) is 86.9 cm³/mol. The van der Waals surface area contributed by atoms with Crippen molar-refractivity contribution in [3.8, 4) is 22.1 Å². The number of aryl methyl sites for hydroxylation is 1. The highest BCUT2D eigenvalue weighted by Crippen LogP contribution is 2.29. The van der Waals surface area contributed by atoms with Gasteiger partial charge in [-0.25, -0.2) is 9.67 Å². The molecule has 2 aromatic heterocycles. The minimum Gasteiger partial charge on any atom is -0.398 e. The Morgan fingerprint density at radius 1 is 1.32 bits per heavy atom. The Morgan fingerprint density at radius 3 is 2.89 bits per heavy atom. The molecular weight excluding hydrogens is 371 g/mol. The Hall–Kier alpha value is -1.41. The van der Waals surface area contributed by atoms with E-state index in [1.165, 1.54) is 0 Å². The lowest BCUT2D eigenvalue weighted by atomic mass is 10.2. The fraction of sp³-hybridized carbons (Fsp3) is 0.0769. The van der Waals surface area contributed by atoms with Gasteiger partial charge in [0.1, 0.15) is 0 Å². The fourth-order valence-corrected chi connectivity index (χ4v) is 3.00. The van der Waals surface area contributed by atoms with E-state index >= 15 is 0 Å². The van der Waals surface area contributed by atoms with E-state index in [1.54, 1.807) is 16.0 Å². The van der Waals surface area contributed by atoms with Gasteiger partial charge in [0, 0.05) is 21.9 Å². The molecule has 0 atom stereocenters. The third-order valence-corrected chi connectivity index (χ3v) is 4.30. The maximum absolute atomic E-state index is 6.04. The van der Waals surface area contributed by atoms with Gasteiger partial charge in [0.15, 0.2) is 11.6 Å². The van der Waals surface area contributed by atoms with Gasteiger partial charge >= 0.3 is 0 Å². The van der Waals surface area contributed by atoms with Crippen molar-refractivity contribution in [1.82, 2.24) is 14.8 Å². The summed E-state index contributed by atoms with van der Waals surface area (Å²) >= 11 is 3.90. The molecule has 96 valence electrons. The second kappa shape index (κ2) is 4.93. The van der Waals surface area contributed by atoms with E-state index in [2.05, 4.69) is 32.7 Å². The molecular formula is C13H11IN4S. The highest BCUT2D eigenvalue weighted by Gasteiger charge is 2.14. The van der Waals surface area contributed by atoms with Crippen molar-refractivity contribution in [3.63, 3.8) is 0 Å². The Bertz CT molecular complexity index is 718. The zero-order chi connectivity index (χ0) is 13.4. The molecule has 0 amide bonds. The zero-order valence-corrected chi connectivity index (χ0v) is 13.1. The lowest BCUT2D eigenvalue weighted by Gasteiger charge is -2.04. The van der Waals surface area contributed by atoms with Crippen LogP contribution in [0.25, 0.3) is 22.1 Å². The van der Waals surface area contributed by atoms with Crippen molar-refractivity contribution >= 4 is 39.6 Å². The fourth-order valence-electron chi connectivity index (χ4n) is 1.85. The van der Waals surface area contributed by atoms with Gasteiger partial charge in [-0.05, 0) is 52.2 Å². The Kier molecular flexibility index (Phi) is 3.28. The molecule has 3 rings (SSSR count). The summed E-state index contributed by atoms with van der Waals surface area (Å²) in [4.78, 5) is 5.66. The number of hydrogen-bond acceptors (Lipinski definition) is 4. The van der Waals surface area contributed by atoms with Crippen molar-refractivity contribution in [2.24, 2.45) is 7.05 Å². The predicted octanol–water partition coefficient (Wildman–Crippen LogP) is 3.40. The summed E-state index contributed by atoms with van der Waals surface area (Å²) in [6.45, 7) is 0. The highest BCUT2D eigenvalue weighted by atomic mass is 127. The van der Waals surface area contributed by atoms with Crippen LogP contribution >= 0.6 is 33.9 Å². The zero-order valence-electron chi connectivity index (χ0n) is 10.2. The quantitative estimate of drug-likeness (QED) is 0.546. The summed E-state index contributed by atoms with van der Waals surface area (Å²) in [6.07, 6.45) is 0. The molecule has 6 heteroatoms. The van der Waals surface area contributed by atoms with Crippen molar-refractivity contribution < 1.29 is 0 Å². The summed E-state index contributed by atoms with van der Waals surface area (Å²) in [7, 11) is 1.89. The number of thiophene rings is 1. The molecule has 0 bridgehead atoms. The second-order valence-corrected chi connectivity index (χ2v) is 6.28. The maximum atomic E-state index is 6.04. The first kappa shape index (κ1) is 12.6. The van der Waals surface area contributed by atoms with Crippen LogP contribution in [0.4, 0.5) is 5.69 Å². The molecule has 1 aromatic carbocycles. The molecule has 0 spiro atoms. The van der Waals surface area contributed by atoms with Crippen molar-refractivity contribution in [3.05, 3.63) is 39.3 Å². The van der Waals surface area contributed by atoms with E-state index in [1.807, 2.05) is 42.8 Å². The number of aromatic nitrogens is 3. The van der Waals surface area contributed by atoms with Crippen molar-refractivity contribution in [2.75, 3.05) is 5.73 Å². The molecule has 0 fully saturated rings. The van der Waals surface area contributed by atoms with Crippen LogP contribution in [0, 0.1) is 3.57 Å². The van der Waals surface area contributed by atoms with Crippen LogP contribution in [0.1, 0.15) is 0 Å². The largest absolute Gasteiger partial charge is 0.398 e. The first-order chi connectivity index (χ1) is 9.15. The van der Waals surface area contributed by atoms with E-state index in [0.29, 0.717) is 5.69 Å². The molecule has 0 aliphatic rings. The topological polar surface area (TPSA) is 56.7 Å². The number of nitrogen functional groups attached to an aromatic ring is 1. The highest BCUT2D eigenvalue weighted by molar-refractivity contribution is 14.1. The summed E-state index contributed by atoms with van der Waals surface area (Å²) < 4.78 is 2.90. The van der Waals surface area contributed by atoms with Crippen LogP contribution in [0.5, 0.6) is 0 Å². The monoisotopic (exact) mass is 382 g/mol. The first-order valence-corrected chi connectivity index (χ1v) is 7.61. The number of halogens is 1. The lowest BCUT2D eigenvalue weighted by molar-refractivity contribution is 0.778. The molecule has 0 saturated heterocycles. The summed E-state index contributed by atoms with van der Waals surface area (Å²) in [6, 6.07) is 9.92. The Morgan fingerprint density at radius 2 is 2.16 bits per heavy atom. The van der Waals surface area contributed by atoms with Crippen molar-refractivity contribution in [1.29, 1.82) is 0 Å². The summed E-state index contributed by atoms with van der Waals surface area (Å²) in [5, 5.41) is 6.48. The van der Waals surface area contributed by atoms with Crippen LogP contribution in [0.15, 0.2) is 35.7 Å². The maximum Gasteiger partial charge on any atom is 0.191 e. The van der Waals surface area contributed by atoms with Gasteiger partial charge in [0.05, 0.1) is 4.88 Å². The molecule has 2 heterocycles. The normalized spacial score (nSPS) is 10.8. The van der Waals surface area contributed by atoms with Crippen LogP contribution in [-0.4, -0.2) is 14.8 Å². The molecule has 0 aliphatic carbocycles. The first-order valence-electron chi connectivity index (χ1n) is 5.65. The number of hydrogen-bond donors (Lipinski definition) is 1. The van der Waals surface area contributed by atoms with E-state index in [-0.39, 0.29) is 0 Å². The number of nitrogens with zero attached hydrogens (tertiary/aromatic N) is 3. The van der Waals surface area contributed by atoms with E-state index < -0.39 is 0 Å². The molecule has 2 N–H and O–H groups in total. The van der Waals surface area contributed by atoms with Gasteiger partial charge in [0.25, 0.3) is 0 Å². The Labute approximate surface area is 128 Å². The van der Waals surface area contributed by atoms with Crippen LogP contribution in [-0.2, 0) is 7.05 Å². The summed E-state index contributed by atoms with van der Waals surface area (Å²) in [5.41, 5.74) is 7.67. The second-order valence-electron chi connectivity index (χ2n) is 4.09. The van der Waals surface area contributed by atoms with Crippen LogP contribution in [0.2, 0.25) is 0 Å². The average Bonchev–Trinajstić information content (AvgIpc) is 3.01. The molecule has 4 nitrogen and oxygen atoms in total. The standard InChI is InChI=1S/C13H11IN4S/c1-18-13(9-7-8(14)4-5-10(9)15)16-12(17-18)11-3-2-6-19-11/h2-7H,15H2,1H3. The minimum atomic E-state index is 0.716. The van der Waals surface area contributed by atoms with Gasteiger partial charge in [-0.15, -0.1) is 16.4 Å². The van der Waals surface area contributed by atoms with E-state index in [4.69, 9.17) is 5.73 Å². The molecule has 3 aromatic rings.